The number of nitrogens with one attached hydrogen (secondary N) is 2. The minimum atomic E-state index is -0.0149. The van der Waals surface area contributed by atoms with E-state index >= 15 is 0 Å². The third kappa shape index (κ3) is 4.19. The normalized spacial score (nSPS) is 25.2. The molecule has 6 nitrogen and oxygen atoms in total. The van der Waals surface area contributed by atoms with Gasteiger partial charge in [0.15, 0.2) is 0 Å². The molecule has 0 aliphatic carbocycles. The van der Waals surface area contributed by atoms with Gasteiger partial charge in [-0.15, -0.1) is 0 Å². The summed E-state index contributed by atoms with van der Waals surface area (Å²) in [6.07, 6.45) is 0.0995. The molecule has 2 saturated heterocycles. The van der Waals surface area contributed by atoms with E-state index in [4.69, 9.17) is 4.74 Å². The molecular formula is C19H27N3O3. The Bertz CT molecular complexity index is 617. The smallest absolute Gasteiger partial charge is 0.254 e. The molecule has 2 amide bonds. The minimum Gasteiger partial charge on any atom is -0.372 e. The van der Waals surface area contributed by atoms with Crippen LogP contribution in [0.25, 0.3) is 0 Å². The van der Waals surface area contributed by atoms with Crippen LogP contribution in [-0.2, 0) is 9.53 Å². The Morgan fingerprint density at radius 1 is 1.16 bits per heavy atom. The van der Waals surface area contributed by atoms with Crippen LogP contribution < -0.4 is 10.6 Å². The van der Waals surface area contributed by atoms with Crippen LogP contribution >= 0.6 is 0 Å². The standard InChI is InChI=1S/C19H27N3O3/c1-12-10-22(11-13(2)25-12)19(24)15-4-6-17(7-5-15)21-18(23)14(3)16-8-20-9-16/h4-7,12-14,16,20H,8-11H2,1-3H3,(H,21,23). The summed E-state index contributed by atoms with van der Waals surface area (Å²) in [7, 11) is 0. The summed E-state index contributed by atoms with van der Waals surface area (Å²) >= 11 is 0. The van der Waals surface area contributed by atoms with E-state index in [1.165, 1.54) is 0 Å². The zero-order chi connectivity index (χ0) is 18.0. The third-order valence-corrected chi connectivity index (χ3v) is 5.04. The molecule has 0 aromatic heterocycles. The van der Waals surface area contributed by atoms with Crippen LogP contribution in [0.4, 0.5) is 5.69 Å². The first kappa shape index (κ1) is 17.9. The van der Waals surface area contributed by atoms with Gasteiger partial charge in [-0.3, -0.25) is 9.59 Å². The van der Waals surface area contributed by atoms with Crippen molar-refractivity contribution < 1.29 is 14.3 Å². The molecule has 0 radical (unpaired) electrons. The van der Waals surface area contributed by atoms with Crippen molar-refractivity contribution in [1.29, 1.82) is 0 Å². The van der Waals surface area contributed by atoms with Crippen molar-refractivity contribution in [3.63, 3.8) is 0 Å². The molecule has 25 heavy (non-hydrogen) atoms. The summed E-state index contributed by atoms with van der Waals surface area (Å²) in [4.78, 5) is 26.7. The Labute approximate surface area is 148 Å². The van der Waals surface area contributed by atoms with Crippen molar-refractivity contribution in [2.45, 2.75) is 33.0 Å². The van der Waals surface area contributed by atoms with Crippen molar-refractivity contribution in [1.82, 2.24) is 10.2 Å². The number of hydrogen-bond acceptors (Lipinski definition) is 4. The van der Waals surface area contributed by atoms with Gasteiger partial charge in [0, 0.05) is 30.3 Å². The largest absolute Gasteiger partial charge is 0.372 e. The average molecular weight is 345 g/mol. The molecule has 0 bridgehead atoms. The highest BCUT2D eigenvalue weighted by atomic mass is 16.5. The number of nitrogens with zero attached hydrogens (tertiary/aromatic N) is 1. The number of ether oxygens (including phenoxy) is 1. The van der Waals surface area contributed by atoms with Crippen molar-refractivity contribution in [2.75, 3.05) is 31.5 Å². The van der Waals surface area contributed by atoms with Crippen LogP contribution in [0.1, 0.15) is 31.1 Å². The molecule has 6 heteroatoms. The summed E-state index contributed by atoms with van der Waals surface area (Å²) < 4.78 is 5.68. The third-order valence-electron chi connectivity index (χ3n) is 5.04. The van der Waals surface area contributed by atoms with Gasteiger partial charge in [0.25, 0.3) is 5.91 Å². The molecular weight excluding hydrogens is 318 g/mol. The van der Waals surface area contributed by atoms with Crippen LogP contribution in [0.2, 0.25) is 0 Å². The van der Waals surface area contributed by atoms with E-state index < -0.39 is 0 Å². The van der Waals surface area contributed by atoms with Crippen LogP contribution in [0.3, 0.4) is 0 Å². The number of hydrogen-bond donors (Lipinski definition) is 2. The summed E-state index contributed by atoms with van der Waals surface area (Å²) in [6, 6.07) is 7.14. The van der Waals surface area contributed by atoms with Crippen LogP contribution in [-0.4, -0.2) is 55.1 Å². The number of benzene rings is 1. The number of carbonyl (C=O) groups excluding carboxylic acids is 2. The lowest BCUT2D eigenvalue weighted by Crippen LogP contribution is -2.48. The highest BCUT2D eigenvalue weighted by Gasteiger charge is 2.29. The van der Waals surface area contributed by atoms with Gasteiger partial charge in [-0.05, 0) is 57.1 Å². The molecule has 2 heterocycles. The maximum Gasteiger partial charge on any atom is 0.254 e. The van der Waals surface area contributed by atoms with Crippen molar-refractivity contribution in [3.05, 3.63) is 29.8 Å². The maximum absolute atomic E-state index is 12.6. The predicted molar refractivity (Wildman–Crippen MR) is 96.5 cm³/mol. The topological polar surface area (TPSA) is 70.7 Å². The second-order valence-electron chi connectivity index (χ2n) is 7.24. The van der Waals surface area contributed by atoms with Crippen molar-refractivity contribution >= 4 is 17.5 Å². The highest BCUT2D eigenvalue weighted by molar-refractivity contribution is 5.96. The van der Waals surface area contributed by atoms with Crippen molar-refractivity contribution in [3.8, 4) is 0 Å². The van der Waals surface area contributed by atoms with Crippen LogP contribution in [0, 0.1) is 11.8 Å². The fourth-order valence-corrected chi connectivity index (χ4v) is 3.36. The number of anilines is 1. The lowest BCUT2D eigenvalue weighted by Gasteiger charge is -2.35. The summed E-state index contributed by atoms with van der Waals surface area (Å²) in [5, 5.41) is 6.13. The first-order valence-corrected chi connectivity index (χ1v) is 9.00. The van der Waals surface area contributed by atoms with Gasteiger partial charge < -0.3 is 20.3 Å². The Morgan fingerprint density at radius 3 is 2.28 bits per heavy atom. The van der Waals surface area contributed by atoms with Gasteiger partial charge in [0.1, 0.15) is 0 Å². The Kier molecular flexibility index (Phi) is 5.39. The second-order valence-corrected chi connectivity index (χ2v) is 7.24. The van der Waals surface area contributed by atoms with E-state index in [1.54, 1.807) is 24.3 Å². The lowest BCUT2D eigenvalue weighted by atomic mass is 9.88. The number of amides is 2. The Hall–Kier alpha value is -1.92. The molecule has 2 fully saturated rings. The molecule has 2 N–H and O–H groups in total. The molecule has 1 aromatic carbocycles. The van der Waals surface area contributed by atoms with E-state index in [0.29, 0.717) is 24.6 Å². The Balaban J connectivity index is 1.59. The maximum atomic E-state index is 12.6. The number of rotatable bonds is 4. The number of morpholine rings is 1. The van der Waals surface area contributed by atoms with E-state index in [1.807, 2.05) is 25.7 Å². The highest BCUT2D eigenvalue weighted by Crippen LogP contribution is 2.20. The van der Waals surface area contributed by atoms with E-state index in [-0.39, 0.29) is 29.9 Å². The minimum absolute atomic E-state index is 0.00814. The van der Waals surface area contributed by atoms with Crippen LogP contribution in [0.5, 0.6) is 0 Å². The molecule has 2 aliphatic heterocycles. The van der Waals surface area contributed by atoms with E-state index in [2.05, 4.69) is 10.6 Å². The molecule has 0 spiro atoms. The quantitative estimate of drug-likeness (QED) is 0.872. The van der Waals surface area contributed by atoms with Gasteiger partial charge in [0.2, 0.25) is 5.91 Å². The number of carbonyl (C=O) groups is 2. The molecule has 0 saturated carbocycles. The molecule has 3 rings (SSSR count). The Morgan fingerprint density at radius 2 is 1.76 bits per heavy atom. The summed E-state index contributed by atoms with van der Waals surface area (Å²) in [5.41, 5.74) is 1.36. The molecule has 3 atom stereocenters. The fraction of sp³-hybridized carbons (Fsp3) is 0.579. The van der Waals surface area contributed by atoms with Gasteiger partial charge in [-0.1, -0.05) is 6.92 Å². The zero-order valence-electron chi connectivity index (χ0n) is 15.1. The van der Waals surface area contributed by atoms with Crippen LogP contribution in [0.15, 0.2) is 24.3 Å². The lowest BCUT2D eigenvalue weighted by molar-refractivity contribution is -0.121. The molecule has 2 aliphatic rings. The predicted octanol–water partition coefficient (Wildman–Crippen LogP) is 1.73. The van der Waals surface area contributed by atoms with Gasteiger partial charge in [-0.2, -0.15) is 0 Å². The monoisotopic (exact) mass is 345 g/mol. The van der Waals surface area contributed by atoms with Gasteiger partial charge in [-0.25, -0.2) is 0 Å². The van der Waals surface area contributed by atoms with Gasteiger partial charge >= 0.3 is 0 Å². The van der Waals surface area contributed by atoms with Crippen molar-refractivity contribution in [2.24, 2.45) is 11.8 Å². The molecule has 136 valence electrons. The summed E-state index contributed by atoms with van der Waals surface area (Å²) in [5.74, 6) is 0.431. The van der Waals surface area contributed by atoms with Gasteiger partial charge in [0.05, 0.1) is 12.2 Å². The van der Waals surface area contributed by atoms with E-state index in [0.717, 1.165) is 18.8 Å². The zero-order valence-corrected chi connectivity index (χ0v) is 15.1. The summed E-state index contributed by atoms with van der Waals surface area (Å²) in [6.45, 7) is 8.93. The second kappa shape index (κ2) is 7.54. The first-order chi connectivity index (χ1) is 11.9. The fourth-order valence-electron chi connectivity index (χ4n) is 3.36. The van der Waals surface area contributed by atoms with E-state index in [9.17, 15) is 9.59 Å². The SMILES string of the molecule is CC1CN(C(=O)c2ccc(NC(=O)C(C)C3CNC3)cc2)CC(C)O1. The molecule has 3 unspecified atom stereocenters. The first-order valence-electron chi connectivity index (χ1n) is 9.00. The molecule has 1 aromatic rings. The average Bonchev–Trinajstić information content (AvgIpc) is 2.52.